The van der Waals surface area contributed by atoms with Crippen LogP contribution in [0.15, 0.2) is 40.9 Å². The lowest BCUT2D eigenvalue weighted by molar-refractivity contribution is 0.290. The number of hydrogen-bond donors (Lipinski definition) is 1. The molecule has 0 aliphatic carbocycles. The molecule has 2 rings (SSSR count). The largest absolute Gasteiger partial charge is 0.508 e. The van der Waals surface area contributed by atoms with Gasteiger partial charge in [-0.2, -0.15) is 0 Å². The van der Waals surface area contributed by atoms with Crippen molar-refractivity contribution in [1.82, 2.24) is 0 Å². The third-order valence-electron chi connectivity index (χ3n) is 2.34. The highest BCUT2D eigenvalue weighted by atomic mass is 79.9. The molecule has 2 nitrogen and oxygen atoms in total. The second-order valence-electron chi connectivity index (χ2n) is 3.61. The van der Waals surface area contributed by atoms with E-state index in [2.05, 4.69) is 15.9 Å². The molecule has 0 atom stereocenters. The fraction of sp³-hybridized carbons (Fsp3) is 0.0769. The molecule has 0 saturated carbocycles. The van der Waals surface area contributed by atoms with Crippen LogP contribution in [-0.2, 0) is 6.61 Å². The molecule has 1 N–H and O–H groups in total. The van der Waals surface area contributed by atoms with Crippen LogP contribution in [0.2, 0.25) is 0 Å². The van der Waals surface area contributed by atoms with Gasteiger partial charge in [0.2, 0.25) is 0 Å². The zero-order chi connectivity index (χ0) is 13.1. The van der Waals surface area contributed by atoms with Crippen molar-refractivity contribution in [2.24, 2.45) is 0 Å². The van der Waals surface area contributed by atoms with Crippen LogP contribution in [0.25, 0.3) is 0 Å². The number of benzene rings is 2. The molecule has 2 aromatic rings. The summed E-state index contributed by atoms with van der Waals surface area (Å²) in [6.45, 7) is -0.249. The fourth-order valence-electron chi connectivity index (χ4n) is 1.43. The van der Waals surface area contributed by atoms with Gasteiger partial charge in [0.25, 0.3) is 0 Å². The van der Waals surface area contributed by atoms with Crippen molar-refractivity contribution in [3.05, 3.63) is 58.1 Å². The number of phenols is 1. The van der Waals surface area contributed by atoms with E-state index in [1.54, 1.807) is 12.1 Å². The fourth-order valence-corrected chi connectivity index (χ4v) is 1.80. The third kappa shape index (κ3) is 2.79. The molecule has 0 saturated heterocycles. The van der Waals surface area contributed by atoms with Crippen LogP contribution in [-0.4, -0.2) is 5.11 Å². The number of aromatic hydroxyl groups is 1. The molecule has 18 heavy (non-hydrogen) atoms. The maximum absolute atomic E-state index is 13.6. The van der Waals surface area contributed by atoms with Gasteiger partial charge in [0.05, 0.1) is 10.0 Å². The second kappa shape index (κ2) is 5.35. The van der Waals surface area contributed by atoms with E-state index in [1.807, 2.05) is 0 Å². The standard InChI is InChI=1S/C13H9BrF2O2/c14-11-4-5-12(15)10(13(11)16)7-18-9-3-1-2-8(17)6-9/h1-6,17H,7H2. The first kappa shape index (κ1) is 12.8. The van der Waals surface area contributed by atoms with Crippen molar-refractivity contribution >= 4 is 15.9 Å². The number of rotatable bonds is 3. The molecule has 0 heterocycles. The van der Waals surface area contributed by atoms with E-state index in [0.717, 1.165) is 6.07 Å². The summed E-state index contributed by atoms with van der Waals surface area (Å²) in [6, 6.07) is 8.48. The van der Waals surface area contributed by atoms with Gasteiger partial charge in [0.15, 0.2) is 0 Å². The Morgan fingerprint density at radius 1 is 1.17 bits per heavy atom. The number of phenolic OH excluding ortho intramolecular Hbond substituents is 1. The van der Waals surface area contributed by atoms with Crippen molar-refractivity contribution in [3.63, 3.8) is 0 Å². The van der Waals surface area contributed by atoms with Crippen LogP contribution in [0.3, 0.4) is 0 Å². The first-order valence-electron chi connectivity index (χ1n) is 5.12. The zero-order valence-electron chi connectivity index (χ0n) is 9.16. The van der Waals surface area contributed by atoms with E-state index < -0.39 is 11.6 Å². The molecule has 5 heteroatoms. The highest BCUT2D eigenvalue weighted by Gasteiger charge is 2.12. The zero-order valence-corrected chi connectivity index (χ0v) is 10.7. The summed E-state index contributed by atoms with van der Waals surface area (Å²) in [7, 11) is 0. The highest BCUT2D eigenvalue weighted by Crippen LogP contribution is 2.24. The van der Waals surface area contributed by atoms with Gasteiger partial charge in [-0.15, -0.1) is 0 Å². The lowest BCUT2D eigenvalue weighted by Gasteiger charge is -2.09. The Bertz CT molecular complexity index is 573. The van der Waals surface area contributed by atoms with E-state index in [1.165, 1.54) is 18.2 Å². The minimum Gasteiger partial charge on any atom is -0.508 e. The Hall–Kier alpha value is -1.62. The van der Waals surface area contributed by atoms with E-state index in [0.29, 0.717) is 5.75 Å². The van der Waals surface area contributed by atoms with E-state index >= 15 is 0 Å². The van der Waals surface area contributed by atoms with Gasteiger partial charge in [-0.05, 0) is 40.2 Å². The summed E-state index contributed by atoms with van der Waals surface area (Å²) in [5.41, 5.74) is -0.160. The Morgan fingerprint density at radius 2 is 1.94 bits per heavy atom. The number of halogens is 3. The van der Waals surface area contributed by atoms with Crippen molar-refractivity contribution in [3.8, 4) is 11.5 Å². The van der Waals surface area contributed by atoms with Gasteiger partial charge in [-0.1, -0.05) is 6.07 Å². The molecule has 0 radical (unpaired) electrons. The topological polar surface area (TPSA) is 29.5 Å². The molecule has 0 aliphatic rings. The predicted molar refractivity (Wildman–Crippen MR) is 66.5 cm³/mol. The summed E-state index contributed by atoms with van der Waals surface area (Å²) < 4.78 is 32.5. The van der Waals surface area contributed by atoms with Crippen molar-refractivity contribution < 1.29 is 18.6 Å². The van der Waals surface area contributed by atoms with Gasteiger partial charge >= 0.3 is 0 Å². The third-order valence-corrected chi connectivity index (χ3v) is 2.95. The lowest BCUT2D eigenvalue weighted by Crippen LogP contribution is -2.02. The first-order chi connectivity index (χ1) is 8.58. The molecule has 0 amide bonds. The van der Waals surface area contributed by atoms with E-state index in [9.17, 15) is 13.9 Å². The Kier molecular flexibility index (Phi) is 3.81. The molecular formula is C13H9BrF2O2. The normalized spacial score (nSPS) is 10.4. The smallest absolute Gasteiger partial charge is 0.146 e. The van der Waals surface area contributed by atoms with Gasteiger partial charge in [0.1, 0.15) is 29.7 Å². The maximum atomic E-state index is 13.6. The molecule has 0 bridgehead atoms. The van der Waals surface area contributed by atoms with Crippen molar-refractivity contribution in [2.45, 2.75) is 6.61 Å². The molecule has 0 fully saturated rings. The van der Waals surface area contributed by atoms with Crippen LogP contribution in [0.4, 0.5) is 8.78 Å². The molecular weight excluding hydrogens is 306 g/mol. The SMILES string of the molecule is Oc1cccc(OCc2c(F)ccc(Br)c2F)c1. The second-order valence-corrected chi connectivity index (χ2v) is 4.46. The van der Waals surface area contributed by atoms with Crippen LogP contribution >= 0.6 is 15.9 Å². The predicted octanol–water partition coefficient (Wildman–Crippen LogP) is 4.01. The monoisotopic (exact) mass is 314 g/mol. The molecule has 2 aromatic carbocycles. The first-order valence-corrected chi connectivity index (χ1v) is 5.91. The highest BCUT2D eigenvalue weighted by molar-refractivity contribution is 9.10. The van der Waals surface area contributed by atoms with E-state index in [-0.39, 0.29) is 22.4 Å². The number of ether oxygens (including phenoxy) is 1. The molecule has 0 spiro atoms. The molecule has 94 valence electrons. The summed E-state index contributed by atoms with van der Waals surface area (Å²) in [6.07, 6.45) is 0. The molecule has 0 unspecified atom stereocenters. The maximum Gasteiger partial charge on any atom is 0.146 e. The molecule has 0 aliphatic heterocycles. The number of hydrogen-bond acceptors (Lipinski definition) is 2. The van der Waals surface area contributed by atoms with Gasteiger partial charge in [-0.25, -0.2) is 8.78 Å². The van der Waals surface area contributed by atoms with Crippen molar-refractivity contribution in [2.75, 3.05) is 0 Å². The van der Waals surface area contributed by atoms with Crippen molar-refractivity contribution in [1.29, 1.82) is 0 Å². The summed E-state index contributed by atoms with van der Waals surface area (Å²) in [4.78, 5) is 0. The minimum absolute atomic E-state index is 0.0303. The average molecular weight is 315 g/mol. The van der Waals surface area contributed by atoms with Gasteiger partial charge < -0.3 is 9.84 Å². The average Bonchev–Trinajstić information content (AvgIpc) is 2.34. The van der Waals surface area contributed by atoms with Crippen LogP contribution in [0.1, 0.15) is 5.56 Å². The van der Waals surface area contributed by atoms with Gasteiger partial charge in [-0.3, -0.25) is 0 Å². The Balaban J connectivity index is 2.18. The summed E-state index contributed by atoms with van der Waals surface area (Å²) in [5.74, 6) is -0.984. The summed E-state index contributed by atoms with van der Waals surface area (Å²) in [5, 5.41) is 9.23. The van der Waals surface area contributed by atoms with Crippen LogP contribution < -0.4 is 4.74 Å². The van der Waals surface area contributed by atoms with E-state index in [4.69, 9.17) is 4.74 Å². The lowest BCUT2D eigenvalue weighted by atomic mass is 10.2. The quantitative estimate of drug-likeness (QED) is 0.867. The Morgan fingerprint density at radius 3 is 2.67 bits per heavy atom. The van der Waals surface area contributed by atoms with Crippen LogP contribution in [0.5, 0.6) is 11.5 Å². The minimum atomic E-state index is -0.685. The van der Waals surface area contributed by atoms with Crippen LogP contribution in [0, 0.1) is 11.6 Å². The Labute approximate surface area is 111 Å². The van der Waals surface area contributed by atoms with Gasteiger partial charge in [0, 0.05) is 6.07 Å². The molecule has 0 aromatic heterocycles. The summed E-state index contributed by atoms with van der Waals surface area (Å²) >= 11 is 2.98.